The molecule has 0 saturated carbocycles. The Morgan fingerprint density at radius 2 is 1.62 bits per heavy atom. The number of benzene rings is 1. The van der Waals surface area contributed by atoms with Crippen LogP contribution in [-0.4, -0.2) is 33.8 Å². The van der Waals surface area contributed by atoms with Gasteiger partial charge in [-0.3, -0.25) is 9.59 Å². The van der Waals surface area contributed by atoms with Crippen molar-refractivity contribution in [3.63, 3.8) is 0 Å². The zero-order valence-corrected chi connectivity index (χ0v) is 15.3. The Hall–Kier alpha value is -2.09. The normalized spacial score (nSPS) is 19.9. The van der Waals surface area contributed by atoms with Crippen LogP contribution in [0.2, 0.25) is 0 Å². The number of hydrogen-bond donors (Lipinski definition) is 2. The molecule has 1 aliphatic heterocycles. The highest BCUT2D eigenvalue weighted by Crippen LogP contribution is 2.38. The van der Waals surface area contributed by atoms with Crippen LogP contribution in [0.5, 0.6) is 0 Å². The van der Waals surface area contributed by atoms with Crippen molar-refractivity contribution in [2.75, 3.05) is 5.32 Å². The summed E-state index contributed by atoms with van der Waals surface area (Å²) in [6.07, 6.45) is -3.65. The van der Waals surface area contributed by atoms with E-state index in [2.05, 4.69) is 5.32 Å². The number of piperidine rings is 1. The lowest BCUT2D eigenvalue weighted by Crippen LogP contribution is -2.66. The molecule has 0 bridgehead atoms. The van der Waals surface area contributed by atoms with E-state index in [9.17, 15) is 22.8 Å². The van der Waals surface area contributed by atoms with Crippen LogP contribution >= 0.6 is 0 Å². The minimum Gasteiger partial charge on any atom is -0.328 e. The third kappa shape index (κ3) is 4.00. The number of likely N-dealkylation sites (tertiary alicyclic amines) is 1. The maximum absolute atomic E-state index is 13.1. The van der Waals surface area contributed by atoms with Crippen LogP contribution in [0.25, 0.3) is 0 Å². The molecule has 1 aromatic rings. The van der Waals surface area contributed by atoms with Crippen LogP contribution in [0.4, 0.5) is 18.9 Å². The molecule has 8 heteroatoms. The largest absolute Gasteiger partial charge is 0.418 e. The highest BCUT2D eigenvalue weighted by Gasteiger charge is 2.48. The molecule has 0 aromatic heterocycles. The molecule has 0 radical (unpaired) electrons. The van der Waals surface area contributed by atoms with Crippen molar-refractivity contribution in [1.82, 2.24) is 4.90 Å². The zero-order chi connectivity index (χ0) is 19.9. The Kier molecular flexibility index (Phi) is 5.11. The molecule has 26 heavy (non-hydrogen) atoms. The quantitative estimate of drug-likeness (QED) is 0.745. The number of carbonyl (C=O) groups is 2. The summed E-state index contributed by atoms with van der Waals surface area (Å²) < 4.78 is 39.2. The van der Waals surface area contributed by atoms with Gasteiger partial charge in [0.1, 0.15) is 0 Å². The summed E-state index contributed by atoms with van der Waals surface area (Å²) in [7, 11) is 0. The van der Waals surface area contributed by atoms with Crippen LogP contribution in [0.3, 0.4) is 0 Å². The second kappa shape index (κ2) is 6.57. The van der Waals surface area contributed by atoms with Crippen LogP contribution in [0, 0.1) is 0 Å². The van der Waals surface area contributed by atoms with Gasteiger partial charge < -0.3 is 16.0 Å². The van der Waals surface area contributed by atoms with E-state index in [4.69, 9.17) is 5.73 Å². The second-order valence-electron chi connectivity index (χ2n) is 7.93. The monoisotopic (exact) mass is 371 g/mol. The van der Waals surface area contributed by atoms with Gasteiger partial charge in [-0.2, -0.15) is 13.2 Å². The Labute approximate surface area is 150 Å². The first-order valence-electron chi connectivity index (χ1n) is 8.33. The summed E-state index contributed by atoms with van der Waals surface area (Å²) in [5.74, 6) is -1.97. The lowest BCUT2D eigenvalue weighted by Gasteiger charge is -2.54. The van der Waals surface area contributed by atoms with Crippen molar-refractivity contribution in [2.45, 2.75) is 63.8 Å². The van der Waals surface area contributed by atoms with E-state index in [0.29, 0.717) is 12.8 Å². The third-order valence-electron chi connectivity index (χ3n) is 4.61. The summed E-state index contributed by atoms with van der Waals surface area (Å²) in [5, 5.41) is 2.12. The predicted molar refractivity (Wildman–Crippen MR) is 92.3 cm³/mol. The molecule has 2 rings (SSSR count). The molecule has 0 aliphatic carbocycles. The third-order valence-corrected chi connectivity index (χ3v) is 4.61. The highest BCUT2D eigenvalue weighted by molar-refractivity contribution is 6.40. The number of halogens is 3. The number of alkyl halides is 3. The van der Waals surface area contributed by atoms with E-state index < -0.39 is 40.3 Å². The van der Waals surface area contributed by atoms with E-state index in [1.54, 1.807) is 27.7 Å². The van der Waals surface area contributed by atoms with E-state index in [1.165, 1.54) is 17.0 Å². The minimum absolute atomic E-state index is 0.127. The molecule has 1 aliphatic rings. The van der Waals surface area contributed by atoms with Gasteiger partial charge >= 0.3 is 18.0 Å². The molecule has 0 spiro atoms. The van der Waals surface area contributed by atoms with Gasteiger partial charge in [0.2, 0.25) is 0 Å². The van der Waals surface area contributed by atoms with Gasteiger partial charge in [0, 0.05) is 17.1 Å². The number of anilines is 1. The summed E-state index contributed by atoms with van der Waals surface area (Å²) in [6.45, 7) is 7.18. The number of nitrogens with one attached hydrogen (secondary N) is 1. The zero-order valence-electron chi connectivity index (χ0n) is 15.3. The Bertz CT molecular complexity index is 696. The predicted octanol–water partition coefficient (Wildman–Crippen LogP) is 3.15. The molecule has 3 N–H and O–H groups in total. The van der Waals surface area contributed by atoms with Crippen LogP contribution < -0.4 is 11.1 Å². The molecule has 5 nitrogen and oxygen atoms in total. The fraction of sp³-hybridized carbons (Fsp3) is 0.556. The fourth-order valence-corrected chi connectivity index (χ4v) is 4.02. The molecule has 1 aromatic carbocycles. The van der Waals surface area contributed by atoms with Gasteiger partial charge in [0.25, 0.3) is 0 Å². The van der Waals surface area contributed by atoms with Gasteiger partial charge in [-0.1, -0.05) is 12.1 Å². The molecule has 0 unspecified atom stereocenters. The van der Waals surface area contributed by atoms with Crippen molar-refractivity contribution < 1.29 is 22.8 Å². The number of nitrogens with zero attached hydrogens (tertiary/aromatic N) is 1. The SMILES string of the molecule is CC1(C)CC(N)CC(C)(C)N1C(=O)C(=O)Nc1ccccc1C(F)(F)F. The van der Waals surface area contributed by atoms with Crippen LogP contribution in [0.15, 0.2) is 24.3 Å². The molecule has 0 atom stereocenters. The first-order chi connectivity index (χ1) is 11.8. The molecule has 2 amide bonds. The van der Waals surface area contributed by atoms with Crippen LogP contribution in [-0.2, 0) is 15.8 Å². The fourth-order valence-electron chi connectivity index (χ4n) is 4.02. The van der Waals surface area contributed by atoms with E-state index >= 15 is 0 Å². The van der Waals surface area contributed by atoms with Crippen molar-refractivity contribution in [1.29, 1.82) is 0 Å². The van der Waals surface area contributed by atoms with Crippen molar-refractivity contribution in [2.24, 2.45) is 5.73 Å². The average Bonchev–Trinajstić information content (AvgIpc) is 2.43. The maximum Gasteiger partial charge on any atom is 0.418 e. The summed E-state index contributed by atoms with van der Waals surface area (Å²) in [6, 6.07) is 4.43. The lowest BCUT2D eigenvalue weighted by molar-refractivity contribution is -0.157. The van der Waals surface area contributed by atoms with Crippen molar-refractivity contribution in [3.05, 3.63) is 29.8 Å². The first-order valence-corrected chi connectivity index (χ1v) is 8.33. The number of carbonyl (C=O) groups excluding carboxylic acids is 2. The molecular weight excluding hydrogens is 347 g/mol. The number of nitrogens with two attached hydrogens (primary N) is 1. The summed E-state index contributed by atoms with van der Waals surface area (Å²) in [4.78, 5) is 26.7. The number of rotatable bonds is 1. The smallest absolute Gasteiger partial charge is 0.328 e. The average molecular weight is 371 g/mol. The molecular formula is C18H24F3N3O2. The van der Waals surface area contributed by atoms with Gasteiger partial charge in [0.05, 0.1) is 11.3 Å². The van der Waals surface area contributed by atoms with Gasteiger partial charge in [-0.15, -0.1) is 0 Å². The van der Waals surface area contributed by atoms with Crippen molar-refractivity contribution >= 4 is 17.5 Å². The van der Waals surface area contributed by atoms with Crippen LogP contribution in [0.1, 0.15) is 46.1 Å². The van der Waals surface area contributed by atoms with E-state index in [0.717, 1.165) is 12.1 Å². The molecule has 144 valence electrons. The van der Waals surface area contributed by atoms with Gasteiger partial charge in [-0.05, 0) is 52.7 Å². The van der Waals surface area contributed by atoms with Gasteiger partial charge in [-0.25, -0.2) is 0 Å². The Balaban J connectivity index is 2.30. The first kappa shape index (κ1) is 20.2. The molecule has 1 heterocycles. The van der Waals surface area contributed by atoms with Gasteiger partial charge in [0.15, 0.2) is 0 Å². The highest BCUT2D eigenvalue weighted by atomic mass is 19.4. The number of amides is 2. The Morgan fingerprint density at radius 1 is 1.12 bits per heavy atom. The van der Waals surface area contributed by atoms with E-state index in [-0.39, 0.29) is 6.04 Å². The minimum atomic E-state index is -4.64. The summed E-state index contributed by atoms with van der Waals surface area (Å²) in [5.41, 5.74) is 3.22. The maximum atomic E-state index is 13.1. The Morgan fingerprint density at radius 3 is 2.12 bits per heavy atom. The lowest BCUT2D eigenvalue weighted by atomic mass is 9.77. The van der Waals surface area contributed by atoms with E-state index in [1.807, 2.05) is 0 Å². The van der Waals surface area contributed by atoms with Crippen molar-refractivity contribution in [3.8, 4) is 0 Å². The topological polar surface area (TPSA) is 75.4 Å². The number of para-hydroxylation sites is 1. The number of hydrogen-bond acceptors (Lipinski definition) is 3. The standard InChI is InChI=1S/C18H24F3N3O2/c1-16(2)9-11(22)10-17(3,4)24(16)15(26)14(25)23-13-8-6-5-7-12(13)18(19,20)21/h5-8,11H,9-10,22H2,1-4H3,(H,23,25). The molecule has 1 saturated heterocycles. The second-order valence-corrected chi connectivity index (χ2v) is 7.93. The summed E-state index contributed by atoms with van der Waals surface area (Å²) >= 11 is 0. The molecule has 1 fully saturated rings.